The minimum Gasteiger partial charge on any atom is -0.496 e. The van der Waals surface area contributed by atoms with E-state index in [4.69, 9.17) is 49.7 Å². The van der Waals surface area contributed by atoms with Crippen molar-refractivity contribution in [1.82, 2.24) is 0 Å². The van der Waals surface area contributed by atoms with Crippen LogP contribution in [0.25, 0.3) is 11.0 Å². The summed E-state index contributed by atoms with van der Waals surface area (Å²) < 4.78 is 11.2. The van der Waals surface area contributed by atoms with Crippen molar-refractivity contribution in [1.29, 1.82) is 0 Å². The predicted octanol–water partition coefficient (Wildman–Crippen LogP) is 6.18. The summed E-state index contributed by atoms with van der Waals surface area (Å²) in [5.74, 6) is 1.20. The van der Waals surface area contributed by atoms with Gasteiger partial charge in [0.1, 0.15) is 11.5 Å². The molecule has 0 aliphatic rings. The van der Waals surface area contributed by atoms with Gasteiger partial charge in [-0.3, -0.25) is 0 Å². The molecule has 3 aromatic rings. The molecule has 1 atom stereocenters. The molecule has 0 bridgehead atoms. The van der Waals surface area contributed by atoms with Crippen molar-refractivity contribution in [3.8, 4) is 5.75 Å². The Morgan fingerprint density at radius 1 is 1.12 bits per heavy atom. The molecule has 2 N–H and O–H groups in total. The van der Waals surface area contributed by atoms with Gasteiger partial charge in [-0.05, 0) is 42.8 Å². The molecular formula is C17H15Cl4NO2. The number of methoxy groups -OCH3 is 1. The van der Waals surface area contributed by atoms with Gasteiger partial charge in [-0.25, -0.2) is 0 Å². The van der Waals surface area contributed by atoms with Crippen molar-refractivity contribution >= 4 is 58.2 Å². The largest absolute Gasteiger partial charge is 0.496 e. The maximum atomic E-state index is 6.34. The second-order valence-electron chi connectivity index (χ2n) is 5.23. The number of halogens is 4. The molecule has 0 aliphatic carbocycles. The zero-order valence-electron chi connectivity index (χ0n) is 12.9. The quantitative estimate of drug-likeness (QED) is 0.564. The first-order valence-corrected chi connectivity index (χ1v) is 8.02. The maximum absolute atomic E-state index is 6.34. The van der Waals surface area contributed by atoms with Gasteiger partial charge in [0.2, 0.25) is 0 Å². The van der Waals surface area contributed by atoms with Crippen molar-refractivity contribution in [3.05, 3.63) is 62.3 Å². The van der Waals surface area contributed by atoms with Crippen molar-refractivity contribution in [2.45, 2.75) is 13.0 Å². The lowest BCUT2D eigenvalue weighted by Crippen LogP contribution is -2.12. The van der Waals surface area contributed by atoms with E-state index in [9.17, 15) is 0 Å². The van der Waals surface area contributed by atoms with Gasteiger partial charge in [-0.15, -0.1) is 12.4 Å². The summed E-state index contributed by atoms with van der Waals surface area (Å²) in [7, 11) is 1.58. The summed E-state index contributed by atoms with van der Waals surface area (Å²) in [6.45, 7) is 1.84. The van der Waals surface area contributed by atoms with E-state index < -0.39 is 6.04 Å². The monoisotopic (exact) mass is 405 g/mol. The van der Waals surface area contributed by atoms with Crippen LogP contribution in [0, 0.1) is 6.92 Å². The average molecular weight is 407 g/mol. The standard InChI is InChI=1S/C17H14Cl3NO2.ClH/c1-8-12(19)5-9-6-14(23-17(9)15(8)20)16(21)11-7-10(18)3-4-13(11)22-2;/h3-7,16H,21H2,1-2H3;1H. The van der Waals surface area contributed by atoms with Crippen LogP contribution in [0.5, 0.6) is 5.75 Å². The molecule has 0 saturated heterocycles. The lowest BCUT2D eigenvalue weighted by atomic mass is 10.0. The molecule has 7 heteroatoms. The number of hydrogen-bond donors (Lipinski definition) is 1. The van der Waals surface area contributed by atoms with Gasteiger partial charge < -0.3 is 14.9 Å². The van der Waals surface area contributed by atoms with Crippen LogP contribution in [-0.4, -0.2) is 7.11 Å². The van der Waals surface area contributed by atoms with Crippen LogP contribution in [0.1, 0.15) is 22.9 Å². The zero-order chi connectivity index (χ0) is 16.7. The van der Waals surface area contributed by atoms with Crippen LogP contribution in [0.3, 0.4) is 0 Å². The van der Waals surface area contributed by atoms with Crippen molar-refractivity contribution in [3.63, 3.8) is 0 Å². The molecule has 1 heterocycles. The van der Waals surface area contributed by atoms with E-state index in [-0.39, 0.29) is 12.4 Å². The van der Waals surface area contributed by atoms with Crippen LogP contribution in [0.4, 0.5) is 0 Å². The Bertz CT molecular complexity index is 892. The second-order valence-corrected chi connectivity index (χ2v) is 6.45. The molecule has 0 fully saturated rings. The molecule has 1 aromatic heterocycles. The minimum atomic E-state index is -0.536. The van der Waals surface area contributed by atoms with Gasteiger partial charge in [0.05, 0.1) is 18.2 Å². The highest BCUT2D eigenvalue weighted by atomic mass is 35.5. The summed E-state index contributed by atoms with van der Waals surface area (Å²) in [6, 6.07) is 8.39. The third-order valence-corrected chi connectivity index (χ3v) is 4.87. The number of nitrogens with two attached hydrogens (primary N) is 1. The fourth-order valence-electron chi connectivity index (χ4n) is 2.48. The zero-order valence-corrected chi connectivity index (χ0v) is 16.0. The number of furan rings is 1. The molecule has 128 valence electrons. The van der Waals surface area contributed by atoms with E-state index >= 15 is 0 Å². The van der Waals surface area contributed by atoms with E-state index in [1.165, 1.54) is 0 Å². The van der Waals surface area contributed by atoms with Gasteiger partial charge in [0.15, 0.2) is 5.58 Å². The first-order valence-electron chi connectivity index (χ1n) is 6.89. The fourth-order valence-corrected chi connectivity index (χ4v) is 3.17. The van der Waals surface area contributed by atoms with Crippen LogP contribution in [-0.2, 0) is 0 Å². The molecule has 2 aromatic carbocycles. The molecule has 0 aliphatic heterocycles. The first kappa shape index (κ1) is 19.2. The number of ether oxygens (including phenoxy) is 1. The fraction of sp³-hybridized carbons (Fsp3) is 0.176. The highest BCUT2D eigenvalue weighted by molar-refractivity contribution is 6.39. The summed E-state index contributed by atoms with van der Waals surface area (Å²) in [5, 5.41) is 2.45. The lowest BCUT2D eigenvalue weighted by Gasteiger charge is -2.14. The van der Waals surface area contributed by atoms with Crippen LogP contribution >= 0.6 is 47.2 Å². The second kappa shape index (κ2) is 7.42. The highest BCUT2D eigenvalue weighted by Crippen LogP contribution is 2.38. The van der Waals surface area contributed by atoms with E-state index in [2.05, 4.69) is 0 Å². The third-order valence-electron chi connectivity index (χ3n) is 3.78. The van der Waals surface area contributed by atoms with Crippen LogP contribution < -0.4 is 10.5 Å². The van der Waals surface area contributed by atoms with Gasteiger partial charge >= 0.3 is 0 Å². The Kier molecular flexibility index (Phi) is 5.95. The van der Waals surface area contributed by atoms with Gasteiger partial charge in [-0.2, -0.15) is 0 Å². The Morgan fingerprint density at radius 3 is 2.50 bits per heavy atom. The predicted molar refractivity (Wildman–Crippen MR) is 102 cm³/mol. The Labute approximate surface area is 161 Å². The average Bonchev–Trinajstić information content (AvgIpc) is 2.96. The molecule has 0 spiro atoms. The topological polar surface area (TPSA) is 48.4 Å². The number of fused-ring (bicyclic) bond motifs is 1. The molecule has 0 saturated carbocycles. The van der Waals surface area contributed by atoms with Crippen molar-refractivity contribution < 1.29 is 9.15 Å². The summed E-state index contributed by atoms with van der Waals surface area (Å²) in [4.78, 5) is 0. The smallest absolute Gasteiger partial charge is 0.153 e. The SMILES string of the molecule is COc1ccc(Cl)cc1C(N)c1cc2cc(Cl)c(C)c(Cl)c2o1.Cl. The molecule has 3 rings (SSSR count). The number of hydrogen-bond acceptors (Lipinski definition) is 3. The van der Waals surface area contributed by atoms with Crippen molar-refractivity contribution in [2.24, 2.45) is 5.73 Å². The number of benzene rings is 2. The third kappa shape index (κ3) is 3.32. The summed E-state index contributed by atoms with van der Waals surface area (Å²) in [5.41, 5.74) is 8.42. The molecule has 3 nitrogen and oxygen atoms in total. The highest BCUT2D eigenvalue weighted by Gasteiger charge is 2.20. The number of rotatable bonds is 3. The van der Waals surface area contributed by atoms with Gasteiger partial charge in [0.25, 0.3) is 0 Å². The van der Waals surface area contributed by atoms with Gasteiger partial charge in [-0.1, -0.05) is 34.8 Å². The molecular weight excluding hydrogens is 392 g/mol. The Balaban J connectivity index is 0.00000208. The van der Waals surface area contributed by atoms with E-state index in [1.54, 1.807) is 25.3 Å². The maximum Gasteiger partial charge on any atom is 0.153 e. The summed E-state index contributed by atoms with van der Waals surface area (Å²) >= 11 is 18.6. The van der Waals surface area contributed by atoms with E-state index in [0.29, 0.717) is 32.2 Å². The minimum absolute atomic E-state index is 0. The Hall–Kier alpha value is -1.10. The van der Waals surface area contributed by atoms with Crippen LogP contribution in [0.15, 0.2) is 34.7 Å². The normalized spacial score (nSPS) is 12.1. The lowest BCUT2D eigenvalue weighted by molar-refractivity contribution is 0.404. The molecule has 0 radical (unpaired) electrons. The molecule has 0 amide bonds. The van der Waals surface area contributed by atoms with Crippen molar-refractivity contribution in [2.75, 3.05) is 7.11 Å². The van der Waals surface area contributed by atoms with E-state index in [1.807, 2.05) is 19.1 Å². The first-order chi connectivity index (χ1) is 10.9. The van der Waals surface area contributed by atoms with Gasteiger partial charge in [0, 0.05) is 21.0 Å². The van der Waals surface area contributed by atoms with E-state index in [0.717, 1.165) is 16.5 Å². The summed E-state index contributed by atoms with van der Waals surface area (Å²) in [6.07, 6.45) is 0. The van der Waals surface area contributed by atoms with Crippen LogP contribution in [0.2, 0.25) is 15.1 Å². The Morgan fingerprint density at radius 2 is 1.83 bits per heavy atom. The molecule has 24 heavy (non-hydrogen) atoms. The molecule has 1 unspecified atom stereocenters.